The quantitative estimate of drug-likeness (QED) is 0.530. The van der Waals surface area contributed by atoms with Gasteiger partial charge in [0.1, 0.15) is 12.1 Å². The molecule has 0 amide bonds. The largest absolute Gasteiger partial charge is 0.378 e. The molecule has 0 aromatic rings. The third-order valence-corrected chi connectivity index (χ3v) is 1.53. The molecule has 1 aliphatic rings. The van der Waals surface area contributed by atoms with E-state index in [0.29, 0.717) is 6.42 Å². The Morgan fingerprint density at radius 2 is 2.50 bits per heavy atom. The summed E-state index contributed by atoms with van der Waals surface area (Å²) in [6.07, 6.45) is 3.94. The molecule has 2 nitrogen and oxygen atoms in total. The van der Waals surface area contributed by atoms with Gasteiger partial charge in [0, 0.05) is 5.92 Å². The fourth-order valence-corrected chi connectivity index (χ4v) is 0.864. The van der Waals surface area contributed by atoms with E-state index >= 15 is 0 Å². The number of hydrogen-bond donors (Lipinski definition) is 2. The molecule has 0 aliphatic heterocycles. The molecule has 0 heterocycles. The van der Waals surface area contributed by atoms with Gasteiger partial charge in [0.2, 0.25) is 0 Å². The Hall–Kier alpha value is -0.670. The van der Waals surface area contributed by atoms with Gasteiger partial charge in [0.25, 0.3) is 0 Å². The van der Waals surface area contributed by atoms with Crippen LogP contribution in [0.4, 0.5) is 4.39 Å². The summed E-state index contributed by atoms with van der Waals surface area (Å²) in [7, 11) is 0. The molecule has 10 heavy (non-hydrogen) atoms. The van der Waals surface area contributed by atoms with E-state index in [2.05, 4.69) is 0 Å². The standard InChI is InChI=1S/C7H10FNO/c8-6-3-1-5(2-4-6)7(9)10/h1,3-5,7,10H,2,9H2. The van der Waals surface area contributed by atoms with Crippen LogP contribution in [0.5, 0.6) is 0 Å². The molecular formula is C7H10FNO. The summed E-state index contributed by atoms with van der Waals surface area (Å²) in [6, 6.07) is 0. The summed E-state index contributed by atoms with van der Waals surface area (Å²) < 4.78 is 12.3. The van der Waals surface area contributed by atoms with Gasteiger partial charge in [-0.15, -0.1) is 0 Å². The van der Waals surface area contributed by atoms with Crippen molar-refractivity contribution >= 4 is 0 Å². The minimum Gasteiger partial charge on any atom is -0.378 e. The van der Waals surface area contributed by atoms with E-state index in [1.54, 1.807) is 6.08 Å². The molecule has 2 unspecified atom stereocenters. The van der Waals surface area contributed by atoms with E-state index in [-0.39, 0.29) is 11.7 Å². The van der Waals surface area contributed by atoms with Gasteiger partial charge in [0.15, 0.2) is 0 Å². The summed E-state index contributed by atoms with van der Waals surface area (Å²) in [6.45, 7) is 0. The van der Waals surface area contributed by atoms with Crippen LogP contribution in [0.2, 0.25) is 0 Å². The highest BCUT2D eigenvalue weighted by atomic mass is 19.1. The number of rotatable bonds is 1. The van der Waals surface area contributed by atoms with Crippen molar-refractivity contribution in [1.82, 2.24) is 0 Å². The lowest BCUT2D eigenvalue weighted by molar-refractivity contribution is 0.137. The smallest absolute Gasteiger partial charge is 0.118 e. The number of aliphatic hydroxyl groups excluding tert-OH is 1. The van der Waals surface area contributed by atoms with Crippen molar-refractivity contribution in [2.45, 2.75) is 12.6 Å². The molecule has 0 spiro atoms. The molecule has 0 saturated heterocycles. The van der Waals surface area contributed by atoms with Crippen molar-refractivity contribution in [2.24, 2.45) is 11.7 Å². The van der Waals surface area contributed by atoms with Gasteiger partial charge in [-0.1, -0.05) is 6.08 Å². The van der Waals surface area contributed by atoms with Gasteiger partial charge < -0.3 is 10.8 Å². The maximum Gasteiger partial charge on any atom is 0.118 e. The normalized spacial score (nSPS) is 27.9. The highest BCUT2D eigenvalue weighted by molar-refractivity contribution is 5.17. The lowest BCUT2D eigenvalue weighted by Crippen LogP contribution is -2.28. The Kier molecular flexibility index (Phi) is 2.19. The summed E-state index contributed by atoms with van der Waals surface area (Å²) in [4.78, 5) is 0. The Labute approximate surface area is 58.8 Å². The van der Waals surface area contributed by atoms with Crippen molar-refractivity contribution in [3.05, 3.63) is 24.1 Å². The van der Waals surface area contributed by atoms with E-state index in [9.17, 15) is 4.39 Å². The number of allylic oxidation sites excluding steroid dienone is 3. The van der Waals surface area contributed by atoms with Crippen molar-refractivity contribution < 1.29 is 9.50 Å². The highest BCUT2D eigenvalue weighted by Gasteiger charge is 2.13. The Balaban J connectivity index is 2.52. The van der Waals surface area contributed by atoms with Crippen molar-refractivity contribution in [3.8, 4) is 0 Å². The molecule has 0 aromatic carbocycles. The third-order valence-electron chi connectivity index (χ3n) is 1.53. The second-order valence-corrected chi connectivity index (χ2v) is 2.34. The van der Waals surface area contributed by atoms with Crippen LogP contribution in [0.15, 0.2) is 24.1 Å². The topological polar surface area (TPSA) is 46.2 Å². The van der Waals surface area contributed by atoms with E-state index < -0.39 is 6.23 Å². The molecular weight excluding hydrogens is 133 g/mol. The Bertz CT molecular complexity index is 174. The molecule has 1 rings (SSSR count). The Morgan fingerprint density at radius 1 is 1.80 bits per heavy atom. The molecule has 0 bridgehead atoms. The molecule has 0 fully saturated rings. The van der Waals surface area contributed by atoms with Gasteiger partial charge in [-0.25, -0.2) is 4.39 Å². The van der Waals surface area contributed by atoms with Gasteiger partial charge in [-0.05, 0) is 18.6 Å². The molecule has 0 saturated carbocycles. The van der Waals surface area contributed by atoms with Crippen molar-refractivity contribution in [3.63, 3.8) is 0 Å². The van der Waals surface area contributed by atoms with E-state index in [0.717, 1.165) is 0 Å². The molecule has 0 aromatic heterocycles. The van der Waals surface area contributed by atoms with Gasteiger partial charge >= 0.3 is 0 Å². The van der Waals surface area contributed by atoms with Gasteiger partial charge in [-0.3, -0.25) is 0 Å². The van der Waals surface area contributed by atoms with Crippen molar-refractivity contribution in [2.75, 3.05) is 0 Å². The minimum atomic E-state index is -0.874. The summed E-state index contributed by atoms with van der Waals surface area (Å²) in [5.74, 6) is -0.378. The first-order valence-electron chi connectivity index (χ1n) is 3.17. The van der Waals surface area contributed by atoms with Crippen LogP contribution in [-0.4, -0.2) is 11.3 Å². The van der Waals surface area contributed by atoms with E-state index in [1.165, 1.54) is 12.2 Å². The molecule has 2 atom stereocenters. The maximum absolute atomic E-state index is 12.3. The number of nitrogens with two attached hydrogens (primary N) is 1. The Morgan fingerprint density at radius 3 is 2.90 bits per heavy atom. The van der Waals surface area contributed by atoms with Crippen LogP contribution in [-0.2, 0) is 0 Å². The predicted molar refractivity (Wildman–Crippen MR) is 36.6 cm³/mol. The first kappa shape index (κ1) is 7.44. The van der Waals surface area contributed by atoms with Crippen molar-refractivity contribution in [1.29, 1.82) is 0 Å². The second-order valence-electron chi connectivity index (χ2n) is 2.34. The van der Waals surface area contributed by atoms with E-state index in [4.69, 9.17) is 10.8 Å². The highest BCUT2D eigenvalue weighted by Crippen LogP contribution is 2.17. The summed E-state index contributed by atoms with van der Waals surface area (Å²) in [5, 5.41) is 8.84. The number of hydrogen-bond acceptors (Lipinski definition) is 2. The van der Waals surface area contributed by atoms with Crippen LogP contribution >= 0.6 is 0 Å². The van der Waals surface area contributed by atoms with Crippen LogP contribution in [0.25, 0.3) is 0 Å². The van der Waals surface area contributed by atoms with Crippen LogP contribution < -0.4 is 5.73 Å². The molecule has 1 aliphatic carbocycles. The number of aliphatic hydroxyl groups is 1. The molecule has 3 heteroatoms. The lowest BCUT2D eigenvalue weighted by Gasteiger charge is -2.15. The predicted octanol–water partition coefficient (Wildman–Crippen LogP) is 0.693. The van der Waals surface area contributed by atoms with Gasteiger partial charge in [-0.2, -0.15) is 0 Å². The molecule has 0 radical (unpaired) electrons. The fourth-order valence-electron chi connectivity index (χ4n) is 0.864. The first-order chi connectivity index (χ1) is 4.70. The average molecular weight is 143 g/mol. The zero-order valence-electron chi connectivity index (χ0n) is 5.50. The van der Waals surface area contributed by atoms with Crippen LogP contribution in [0.3, 0.4) is 0 Å². The summed E-state index contributed by atoms with van der Waals surface area (Å²) in [5.41, 5.74) is 5.17. The van der Waals surface area contributed by atoms with Crippen LogP contribution in [0, 0.1) is 5.92 Å². The average Bonchev–Trinajstić information content (AvgIpc) is 1.88. The van der Waals surface area contributed by atoms with Crippen LogP contribution in [0.1, 0.15) is 6.42 Å². The fraction of sp³-hybridized carbons (Fsp3) is 0.429. The molecule has 56 valence electrons. The first-order valence-corrected chi connectivity index (χ1v) is 3.17. The minimum absolute atomic E-state index is 0.125. The zero-order chi connectivity index (χ0) is 7.56. The third kappa shape index (κ3) is 1.65. The van der Waals surface area contributed by atoms with E-state index in [1.807, 2.05) is 0 Å². The second kappa shape index (κ2) is 2.94. The van der Waals surface area contributed by atoms with Gasteiger partial charge in [0.05, 0.1) is 0 Å². The lowest BCUT2D eigenvalue weighted by atomic mass is 9.99. The molecule has 3 N–H and O–H groups in total. The number of halogens is 1. The zero-order valence-corrected chi connectivity index (χ0v) is 5.50. The summed E-state index contributed by atoms with van der Waals surface area (Å²) >= 11 is 0. The maximum atomic E-state index is 12.3. The SMILES string of the molecule is NC(O)C1C=CC(F)=CC1. The monoisotopic (exact) mass is 143 g/mol.